The van der Waals surface area contributed by atoms with Crippen LogP contribution in [0.15, 0.2) is 0 Å². The summed E-state index contributed by atoms with van der Waals surface area (Å²) in [5.41, 5.74) is 0. The van der Waals surface area contributed by atoms with E-state index in [4.69, 9.17) is 0 Å². The second-order valence-corrected chi connectivity index (χ2v) is 3.80. The molecule has 0 spiro atoms. The number of carbonyl (C=O) groups is 1. The molecule has 5 nitrogen and oxygen atoms in total. The average Bonchev–Trinajstić information content (AvgIpc) is 1.84. The molecule has 0 aromatic carbocycles. The molecule has 0 saturated carbocycles. The van der Waals surface area contributed by atoms with Gasteiger partial charge in [0.15, 0.2) is 0 Å². The predicted octanol–water partition coefficient (Wildman–Crippen LogP) is -0.206. The van der Waals surface area contributed by atoms with Gasteiger partial charge < -0.3 is 4.84 Å². The molecular formula is C5H11NO4S. The monoisotopic (exact) mass is 181 g/mol. The molecule has 0 aliphatic rings. The van der Waals surface area contributed by atoms with Gasteiger partial charge in [-0.2, -0.15) is 0 Å². The smallest absolute Gasteiger partial charge is 0.323 e. The first-order valence-corrected chi connectivity index (χ1v) is 4.80. The number of hydrogen-bond acceptors (Lipinski definition) is 4. The van der Waals surface area contributed by atoms with Crippen molar-refractivity contribution in [2.24, 2.45) is 0 Å². The highest BCUT2D eigenvalue weighted by molar-refractivity contribution is 7.89. The zero-order valence-electron chi connectivity index (χ0n) is 6.46. The molecule has 0 bridgehead atoms. The SMILES string of the molecule is CCCS(=O)(=O)NOC(C)=O. The minimum atomic E-state index is -3.42. The maximum Gasteiger partial charge on any atom is 0.323 e. The maximum absolute atomic E-state index is 10.7. The predicted molar refractivity (Wildman–Crippen MR) is 39.0 cm³/mol. The molecule has 0 radical (unpaired) electrons. The summed E-state index contributed by atoms with van der Waals surface area (Å²) in [6.45, 7) is 2.83. The van der Waals surface area contributed by atoms with Gasteiger partial charge in [0.2, 0.25) is 10.0 Å². The fourth-order valence-corrected chi connectivity index (χ4v) is 1.30. The summed E-state index contributed by atoms with van der Waals surface area (Å²) >= 11 is 0. The van der Waals surface area contributed by atoms with Crippen molar-refractivity contribution in [2.75, 3.05) is 5.75 Å². The lowest BCUT2D eigenvalue weighted by molar-refractivity contribution is -0.144. The Bertz CT molecular complexity index is 221. The molecular weight excluding hydrogens is 170 g/mol. The fourth-order valence-electron chi connectivity index (χ4n) is 0.433. The van der Waals surface area contributed by atoms with Crippen LogP contribution < -0.4 is 4.89 Å². The van der Waals surface area contributed by atoms with Crippen LogP contribution in [-0.4, -0.2) is 20.1 Å². The van der Waals surface area contributed by atoms with Crippen molar-refractivity contribution in [1.82, 2.24) is 4.89 Å². The summed E-state index contributed by atoms with van der Waals surface area (Å²) in [5.74, 6) is -0.718. The molecule has 11 heavy (non-hydrogen) atoms. The average molecular weight is 181 g/mol. The van der Waals surface area contributed by atoms with Crippen molar-refractivity contribution >= 4 is 16.0 Å². The van der Waals surface area contributed by atoms with Crippen LogP contribution in [0.25, 0.3) is 0 Å². The lowest BCUT2D eigenvalue weighted by Crippen LogP contribution is -2.28. The van der Waals surface area contributed by atoms with Gasteiger partial charge in [-0.3, -0.25) is 4.79 Å². The van der Waals surface area contributed by atoms with Crippen molar-refractivity contribution in [3.63, 3.8) is 0 Å². The Hall–Kier alpha value is -0.620. The lowest BCUT2D eigenvalue weighted by atomic mass is 10.6. The number of nitrogens with one attached hydrogen (secondary N) is 1. The third-order valence-electron chi connectivity index (χ3n) is 0.785. The molecule has 0 aromatic rings. The third kappa shape index (κ3) is 5.81. The van der Waals surface area contributed by atoms with Crippen LogP contribution in [0.2, 0.25) is 0 Å². The van der Waals surface area contributed by atoms with Gasteiger partial charge in [0.1, 0.15) is 0 Å². The highest BCUT2D eigenvalue weighted by atomic mass is 32.2. The summed E-state index contributed by atoms with van der Waals surface area (Å²) in [6, 6.07) is 0. The molecule has 0 aliphatic heterocycles. The van der Waals surface area contributed by atoms with Crippen LogP contribution in [0, 0.1) is 0 Å². The van der Waals surface area contributed by atoms with Gasteiger partial charge in [-0.1, -0.05) is 6.92 Å². The molecule has 0 heterocycles. The van der Waals surface area contributed by atoms with Crippen molar-refractivity contribution < 1.29 is 18.0 Å². The minimum absolute atomic E-state index is 0.0414. The third-order valence-corrected chi connectivity index (χ3v) is 2.07. The second-order valence-electron chi connectivity index (χ2n) is 2.00. The van der Waals surface area contributed by atoms with E-state index in [1.165, 1.54) is 0 Å². The lowest BCUT2D eigenvalue weighted by Gasteiger charge is -2.02. The highest BCUT2D eigenvalue weighted by Gasteiger charge is 2.08. The van der Waals surface area contributed by atoms with Crippen LogP contribution in [0.1, 0.15) is 20.3 Å². The molecule has 0 aromatic heterocycles. The molecule has 66 valence electrons. The van der Waals surface area contributed by atoms with Gasteiger partial charge in [0.25, 0.3) is 0 Å². The molecule has 0 aliphatic carbocycles. The molecule has 6 heteroatoms. The van der Waals surface area contributed by atoms with Gasteiger partial charge >= 0.3 is 5.97 Å². The van der Waals surface area contributed by atoms with Gasteiger partial charge in [-0.25, -0.2) is 8.42 Å². The van der Waals surface area contributed by atoms with E-state index in [1.807, 2.05) is 0 Å². The summed E-state index contributed by atoms with van der Waals surface area (Å²) in [6.07, 6.45) is 0.483. The van der Waals surface area contributed by atoms with E-state index in [0.29, 0.717) is 6.42 Å². The highest BCUT2D eigenvalue weighted by Crippen LogP contribution is 1.87. The zero-order chi connectivity index (χ0) is 8.91. The molecule has 0 rings (SSSR count). The Labute approximate surface area is 65.7 Å². The van der Waals surface area contributed by atoms with Crippen molar-refractivity contribution in [1.29, 1.82) is 0 Å². The molecule has 0 unspecified atom stereocenters. The fraction of sp³-hybridized carbons (Fsp3) is 0.800. The summed E-state index contributed by atoms with van der Waals surface area (Å²) in [4.78, 5) is 15.9. The van der Waals surface area contributed by atoms with E-state index in [1.54, 1.807) is 11.8 Å². The Balaban J connectivity index is 3.84. The van der Waals surface area contributed by atoms with E-state index in [9.17, 15) is 13.2 Å². The van der Waals surface area contributed by atoms with E-state index < -0.39 is 16.0 Å². The normalized spacial score (nSPS) is 11.1. The second kappa shape index (κ2) is 4.30. The van der Waals surface area contributed by atoms with Crippen molar-refractivity contribution in [3.8, 4) is 0 Å². The quantitative estimate of drug-likeness (QED) is 0.609. The first-order chi connectivity index (χ1) is 4.98. The van der Waals surface area contributed by atoms with Gasteiger partial charge in [0, 0.05) is 6.92 Å². The Morgan fingerprint density at radius 1 is 1.55 bits per heavy atom. The van der Waals surface area contributed by atoms with Gasteiger partial charge in [-0.05, 0) is 11.3 Å². The standard InChI is InChI=1S/C5H11NO4S/c1-3-4-11(8,9)6-10-5(2)7/h6H,3-4H2,1-2H3. The van der Waals surface area contributed by atoms with Gasteiger partial charge in [-0.15, -0.1) is 0 Å². The Morgan fingerprint density at radius 3 is 2.45 bits per heavy atom. The van der Waals surface area contributed by atoms with Crippen LogP contribution in [0.3, 0.4) is 0 Å². The van der Waals surface area contributed by atoms with E-state index in [0.717, 1.165) is 6.92 Å². The Morgan fingerprint density at radius 2 is 2.09 bits per heavy atom. The maximum atomic E-state index is 10.7. The number of carbonyl (C=O) groups excluding carboxylic acids is 1. The number of rotatable bonds is 4. The topological polar surface area (TPSA) is 72.5 Å². The molecule has 0 fully saturated rings. The van der Waals surface area contributed by atoms with Crippen molar-refractivity contribution in [3.05, 3.63) is 0 Å². The largest absolute Gasteiger partial charge is 0.356 e. The van der Waals surface area contributed by atoms with E-state index in [-0.39, 0.29) is 5.75 Å². The zero-order valence-corrected chi connectivity index (χ0v) is 7.27. The molecule has 0 saturated heterocycles. The molecule has 0 amide bonds. The van der Waals surface area contributed by atoms with Crippen LogP contribution >= 0.6 is 0 Å². The number of sulfonamides is 1. The van der Waals surface area contributed by atoms with Crippen LogP contribution in [-0.2, 0) is 19.7 Å². The Kier molecular flexibility index (Phi) is 4.06. The first-order valence-electron chi connectivity index (χ1n) is 3.15. The van der Waals surface area contributed by atoms with E-state index >= 15 is 0 Å². The summed E-state index contributed by atoms with van der Waals surface area (Å²) < 4.78 is 21.5. The summed E-state index contributed by atoms with van der Waals surface area (Å²) in [5, 5.41) is 0. The molecule has 1 N–H and O–H groups in total. The summed E-state index contributed by atoms with van der Waals surface area (Å²) in [7, 11) is -3.42. The van der Waals surface area contributed by atoms with Crippen molar-refractivity contribution in [2.45, 2.75) is 20.3 Å². The molecule has 0 atom stereocenters. The van der Waals surface area contributed by atoms with Crippen LogP contribution in [0.5, 0.6) is 0 Å². The number of hydrogen-bond donors (Lipinski definition) is 1. The van der Waals surface area contributed by atoms with E-state index in [2.05, 4.69) is 4.84 Å². The van der Waals surface area contributed by atoms with Crippen LogP contribution in [0.4, 0.5) is 0 Å². The van der Waals surface area contributed by atoms with Gasteiger partial charge in [0.05, 0.1) is 5.75 Å². The first kappa shape index (κ1) is 10.4. The minimum Gasteiger partial charge on any atom is -0.356 e.